The molecule has 0 radical (unpaired) electrons. The molecule has 1 aromatic rings. The van der Waals surface area contributed by atoms with Gasteiger partial charge in [-0.1, -0.05) is 11.6 Å². The van der Waals surface area contributed by atoms with Crippen LogP contribution in [0.15, 0.2) is 23.1 Å². The van der Waals surface area contributed by atoms with Crippen LogP contribution in [-0.2, 0) is 14.8 Å². The van der Waals surface area contributed by atoms with Gasteiger partial charge in [0.2, 0.25) is 15.9 Å². The molecule has 1 aromatic carbocycles. The molecule has 1 aliphatic carbocycles. The Bertz CT molecular complexity index is 629. The average Bonchev–Trinajstić information content (AvgIpc) is 3.27. The zero-order valence-corrected chi connectivity index (χ0v) is 13.1. The van der Waals surface area contributed by atoms with Crippen LogP contribution in [-0.4, -0.2) is 34.5 Å². The molecule has 0 spiro atoms. The molecule has 116 valence electrons. The molecule has 0 bridgehead atoms. The van der Waals surface area contributed by atoms with Crippen LogP contribution < -0.4 is 14.8 Å². The lowest BCUT2D eigenvalue weighted by Gasteiger charge is -2.11. The second kappa shape index (κ2) is 6.64. The van der Waals surface area contributed by atoms with Crippen LogP contribution in [0, 0.1) is 5.92 Å². The summed E-state index contributed by atoms with van der Waals surface area (Å²) in [6.07, 6.45) is 1.83. The molecule has 1 aliphatic rings. The lowest BCUT2D eigenvalue weighted by Crippen LogP contribution is -2.35. The Balaban J connectivity index is 1.93. The van der Waals surface area contributed by atoms with E-state index in [4.69, 9.17) is 16.3 Å². The van der Waals surface area contributed by atoms with Gasteiger partial charge in [-0.25, -0.2) is 13.1 Å². The molecule has 2 rings (SSSR count). The van der Waals surface area contributed by atoms with Crippen molar-refractivity contribution in [2.45, 2.75) is 17.7 Å². The number of carbonyl (C=O) groups excluding carboxylic acids is 1. The van der Waals surface area contributed by atoms with Crippen LogP contribution in [0.25, 0.3) is 0 Å². The van der Waals surface area contributed by atoms with Gasteiger partial charge in [0.1, 0.15) is 10.6 Å². The fourth-order valence-electron chi connectivity index (χ4n) is 1.80. The van der Waals surface area contributed by atoms with E-state index in [-0.39, 0.29) is 35.6 Å². The van der Waals surface area contributed by atoms with Crippen molar-refractivity contribution in [3.63, 3.8) is 0 Å². The summed E-state index contributed by atoms with van der Waals surface area (Å²) < 4.78 is 31.8. The zero-order valence-electron chi connectivity index (χ0n) is 11.6. The molecule has 6 nitrogen and oxygen atoms in total. The van der Waals surface area contributed by atoms with Gasteiger partial charge in [-0.3, -0.25) is 4.79 Å². The van der Waals surface area contributed by atoms with Crippen molar-refractivity contribution in [1.29, 1.82) is 0 Å². The minimum Gasteiger partial charge on any atom is -0.495 e. The zero-order chi connectivity index (χ0) is 15.5. The van der Waals surface area contributed by atoms with E-state index in [0.717, 1.165) is 12.8 Å². The Hall–Kier alpha value is -1.31. The summed E-state index contributed by atoms with van der Waals surface area (Å²) in [7, 11) is -2.33. The number of carbonyl (C=O) groups is 1. The number of hydrogen-bond donors (Lipinski definition) is 2. The molecule has 1 fully saturated rings. The first kappa shape index (κ1) is 16.1. The van der Waals surface area contributed by atoms with Gasteiger partial charge in [-0.15, -0.1) is 0 Å². The molecule has 2 N–H and O–H groups in total. The molecule has 0 saturated heterocycles. The summed E-state index contributed by atoms with van der Waals surface area (Å²) in [6, 6.07) is 4.30. The topological polar surface area (TPSA) is 84.5 Å². The van der Waals surface area contributed by atoms with E-state index in [2.05, 4.69) is 10.0 Å². The molecule has 0 aromatic heterocycles. The molecule has 0 aliphatic heterocycles. The number of hydrogen-bond acceptors (Lipinski definition) is 4. The van der Waals surface area contributed by atoms with Crippen molar-refractivity contribution < 1.29 is 17.9 Å². The van der Waals surface area contributed by atoms with Gasteiger partial charge in [-0.05, 0) is 25.0 Å². The van der Waals surface area contributed by atoms with Gasteiger partial charge < -0.3 is 10.1 Å². The van der Waals surface area contributed by atoms with Gasteiger partial charge in [0.05, 0.1) is 7.11 Å². The second-order valence-electron chi connectivity index (χ2n) is 4.76. The number of halogens is 1. The van der Waals surface area contributed by atoms with Crippen LogP contribution in [0.2, 0.25) is 5.02 Å². The Morgan fingerprint density at radius 3 is 2.71 bits per heavy atom. The van der Waals surface area contributed by atoms with E-state index in [9.17, 15) is 13.2 Å². The quantitative estimate of drug-likeness (QED) is 0.734. The first-order valence-corrected chi connectivity index (χ1v) is 8.41. The summed E-state index contributed by atoms with van der Waals surface area (Å²) in [4.78, 5) is 11.4. The molecule has 0 heterocycles. The summed E-state index contributed by atoms with van der Waals surface area (Å²) >= 11 is 5.80. The highest BCUT2D eigenvalue weighted by molar-refractivity contribution is 7.89. The Morgan fingerprint density at radius 1 is 1.38 bits per heavy atom. The van der Waals surface area contributed by atoms with E-state index in [1.54, 1.807) is 0 Å². The highest BCUT2D eigenvalue weighted by atomic mass is 35.5. The van der Waals surface area contributed by atoms with Crippen LogP contribution in [0.5, 0.6) is 5.75 Å². The van der Waals surface area contributed by atoms with Crippen LogP contribution in [0.1, 0.15) is 12.8 Å². The third-order valence-corrected chi connectivity index (χ3v) is 4.82. The normalized spacial score (nSPS) is 14.8. The van der Waals surface area contributed by atoms with Crippen LogP contribution >= 0.6 is 11.6 Å². The second-order valence-corrected chi connectivity index (χ2v) is 6.93. The van der Waals surface area contributed by atoms with E-state index in [0.29, 0.717) is 5.02 Å². The maximum Gasteiger partial charge on any atom is 0.244 e. The molecular formula is C13H17ClN2O4S. The Labute approximate surface area is 128 Å². The predicted octanol–water partition coefficient (Wildman–Crippen LogP) is 1.15. The molecule has 1 amide bonds. The lowest BCUT2D eigenvalue weighted by molar-refractivity contribution is -0.122. The maximum absolute atomic E-state index is 12.2. The van der Waals surface area contributed by atoms with Crippen molar-refractivity contribution in [3.05, 3.63) is 23.2 Å². The molecule has 0 atom stereocenters. The number of benzene rings is 1. The molecular weight excluding hydrogens is 316 g/mol. The average molecular weight is 333 g/mol. The molecule has 21 heavy (non-hydrogen) atoms. The number of amides is 1. The number of sulfonamides is 1. The van der Waals surface area contributed by atoms with Gasteiger partial charge in [-0.2, -0.15) is 0 Å². The molecule has 8 heteroatoms. The first-order valence-electron chi connectivity index (χ1n) is 6.55. The smallest absolute Gasteiger partial charge is 0.244 e. The Kier molecular flexibility index (Phi) is 5.08. The number of rotatable bonds is 7. The summed E-state index contributed by atoms with van der Waals surface area (Å²) in [5.41, 5.74) is 0. The van der Waals surface area contributed by atoms with Crippen molar-refractivity contribution in [2.75, 3.05) is 20.2 Å². The standard InChI is InChI=1S/C13H17ClN2O4S/c1-20-11-8-10(14)4-5-12(11)21(18,19)16-7-6-15-13(17)9-2-3-9/h4-5,8-9,16H,2-3,6-7H2,1H3,(H,15,17). The highest BCUT2D eigenvalue weighted by Crippen LogP contribution is 2.28. The van der Waals surface area contributed by atoms with E-state index in [1.807, 2.05) is 0 Å². The summed E-state index contributed by atoms with van der Waals surface area (Å²) in [5, 5.41) is 3.08. The van der Waals surface area contributed by atoms with Gasteiger partial charge in [0.25, 0.3) is 0 Å². The van der Waals surface area contributed by atoms with E-state index in [1.165, 1.54) is 25.3 Å². The largest absolute Gasteiger partial charge is 0.495 e. The van der Waals surface area contributed by atoms with Crippen molar-refractivity contribution >= 4 is 27.5 Å². The number of nitrogens with one attached hydrogen (secondary N) is 2. The van der Waals surface area contributed by atoms with E-state index < -0.39 is 10.0 Å². The fraction of sp³-hybridized carbons (Fsp3) is 0.462. The summed E-state index contributed by atoms with van der Waals surface area (Å²) in [6.45, 7) is 0.372. The monoisotopic (exact) mass is 332 g/mol. The molecule has 0 unspecified atom stereocenters. The SMILES string of the molecule is COc1cc(Cl)ccc1S(=O)(=O)NCCNC(=O)C1CC1. The Morgan fingerprint density at radius 2 is 2.10 bits per heavy atom. The third kappa shape index (κ3) is 4.33. The predicted molar refractivity (Wildman–Crippen MR) is 78.9 cm³/mol. The van der Waals surface area contributed by atoms with Crippen molar-refractivity contribution in [1.82, 2.24) is 10.0 Å². The van der Waals surface area contributed by atoms with Crippen LogP contribution in [0.4, 0.5) is 0 Å². The van der Waals surface area contributed by atoms with Gasteiger partial charge >= 0.3 is 0 Å². The van der Waals surface area contributed by atoms with Crippen molar-refractivity contribution in [2.24, 2.45) is 5.92 Å². The third-order valence-electron chi connectivity index (χ3n) is 3.08. The minimum atomic E-state index is -3.71. The maximum atomic E-state index is 12.2. The lowest BCUT2D eigenvalue weighted by atomic mass is 10.3. The molecule has 1 saturated carbocycles. The van der Waals surface area contributed by atoms with Crippen molar-refractivity contribution in [3.8, 4) is 5.75 Å². The summed E-state index contributed by atoms with van der Waals surface area (Å²) in [5.74, 6) is 0.272. The highest BCUT2D eigenvalue weighted by Gasteiger charge is 2.29. The van der Waals surface area contributed by atoms with Gasteiger partial charge in [0.15, 0.2) is 0 Å². The minimum absolute atomic E-state index is 0.0155. The van der Waals surface area contributed by atoms with E-state index >= 15 is 0 Å². The first-order chi connectivity index (χ1) is 9.94. The van der Waals surface area contributed by atoms with Crippen LogP contribution in [0.3, 0.4) is 0 Å². The fourth-order valence-corrected chi connectivity index (χ4v) is 3.14. The van der Waals surface area contributed by atoms with Gasteiger partial charge in [0, 0.05) is 30.1 Å². The number of methoxy groups -OCH3 is 1. The number of ether oxygens (including phenoxy) is 1.